The van der Waals surface area contributed by atoms with Crippen molar-refractivity contribution in [1.29, 1.82) is 0 Å². The maximum absolute atomic E-state index is 10.2. The van der Waals surface area contributed by atoms with E-state index in [1.807, 2.05) is 0 Å². The van der Waals surface area contributed by atoms with Crippen LogP contribution in [0.2, 0.25) is 0 Å². The molecule has 172 valence electrons. The maximum atomic E-state index is 10.2. The summed E-state index contributed by atoms with van der Waals surface area (Å²) in [5.41, 5.74) is 2.59. The Bertz CT molecular complexity index is 634. The van der Waals surface area contributed by atoms with Gasteiger partial charge in [-0.2, -0.15) is 0 Å². The highest BCUT2D eigenvalue weighted by atomic mass is 16.3. The van der Waals surface area contributed by atoms with Crippen molar-refractivity contribution in [1.82, 2.24) is 0 Å². The molecule has 0 aromatic carbocycles. The molecule has 3 unspecified atom stereocenters. The summed E-state index contributed by atoms with van der Waals surface area (Å²) in [6.07, 6.45) is 17.1. The molecule has 0 heterocycles. The van der Waals surface area contributed by atoms with E-state index in [2.05, 4.69) is 47.6 Å². The molecule has 1 heteroatoms. The summed E-state index contributed by atoms with van der Waals surface area (Å²) in [5.74, 6) is 6.31. The van der Waals surface area contributed by atoms with Crippen LogP contribution < -0.4 is 0 Å². The van der Waals surface area contributed by atoms with E-state index >= 15 is 0 Å². The third-order valence-electron chi connectivity index (χ3n) is 11.3. The summed E-state index contributed by atoms with van der Waals surface area (Å²) < 4.78 is 0. The van der Waals surface area contributed by atoms with E-state index in [4.69, 9.17) is 0 Å². The molecule has 4 rings (SSSR count). The van der Waals surface area contributed by atoms with Gasteiger partial charge in [-0.15, -0.1) is 0 Å². The number of fused-ring (bicyclic) bond motifs is 5. The lowest BCUT2D eigenvalue weighted by Crippen LogP contribution is -2.50. The van der Waals surface area contributed by atoms with Crippen molar-refractivity contribution < 1.29 is 5.11 Å². The highest BCUT2D eigenvalue weighted by Crippen LogP contribution is 2.67. The van der Waals surface area contributed by atoms with Gasteiger partial charge in [-0.3, -0.25) is 0 Å². The van der Waals surface area contributed by atoms with Crippen LogP contribution in [-0.2, 0) is 0 Å². The van der Waals surface area contributed by atoms with Gasteiger partial charge in [-0.05, 0) is 110 Å². The topological polar surface area (TPSA) is 20.2 Å². The Morgan fingerprint density at radius 3 is 2.47 bits per heavy atom. The quantitative estimate of drug-likeness (QED) is 0.436. The van der Waals surface area contributed by atoms with E-state index in [1.54, 1.807) is 5.57 Å². The minimum absolute atomic E-state index is 0.0794. The van der Waals surface area contributed by atoms with Crippen LogP contribution >= 0.6 is 0 Å². The van der Waals surface area contributed by atoms with E-state index < -0.39 is 0 Å². The van der Waals surface area contributed by atoms with Gasteiger partial charge in [0.15, 0.2) is 0 Å². The van der Waals surface area contributed by atoms with Crippen LogP contribution in [0.25, 0.3) is 0 Å². The molecule has 1 N–H and O–H groups in total. The lowest BCUT2D eigenvalue weighted by molar-refractivity contribution is -0.0575. The molecule has 0 amide bonds. The van der Waals surface area contributed by atoms with Crippen LogP contribution in [0, 0.1) is 52.3 Å². The summed E-state index contributed by atoms with van der Waals surface area (Å²) >= 11 is 0. The van der Waals surface area contributed by atoms with Crippen molar-refractivity contribution >= 4 is 0 Å². The third-order valence-corrected chi connectivity index (χ3v) is 11.3. The number of aliphatic hydroxyl groups excluding tert-OH is 1. The van der Waals surface area contributed by atoms with Crippen molar-refractivity contribution in [3.63, 3.8) is 0 Å². The van der Waals surface area contributed by atoms with Crippen LogP contribution in [0.15, 0.2) is 11.6 Å². The second-order valence-corrected chi connectivity index (χ2v) is 12.9. The molecule has 4 aliphatic rings. The van der Waals surface area contributed by atoms with Gasteiger partial charge in [-0.1, -0.05) is 66.0 Å². The average Bonchev–Trinajstić information content (AvgIpc) is 3.06. The maximum Gasteiger partial charge on any atom is 0.0577 e. The molecule has 0 bridgehead atoms. The van der Waals surface area contributed by atoms with E-state index in [-0.39, 0.29) is 6.10 Å². The zero-order valence-electron chi connectivity index (χ0n) is 20.9. The SMILES string of the molecule is CC[C@H](CC[C@@H](C)C1CCC2[C@@H]3CC=C4C[C@@H](O)CC[C@]4(C)C3CC[C@@]21C)C(C)C. The van der Waals surface area contributed by atoms with Crippen molar-refractivity contribution in [2.75, 3.05) is 0 Å². The Hall–Kier alpha value is -0.300. The molecular weight excluding hydrogens is 364 g/mol. The second kappa shape index (κ2) is 8.57. The molecule has 0 saturated heterocycles. The average molecular weight is 415 g/mol. The molecule has 1 nitrogen and oxygen atoms in total. The molecule has 30 heavy (non-hydrogen) atoms. The molecule has 0 aliphatic heterocycles. The number of aliphatic hydroxyl groups is 1. The fourth-order valence-electron chi connectivity index (χ4n) is 9.30. The van der Waals surface area contributed by atoms with Crippen molar-refractivity contribution in [2.45, 2.75) is 118 Å². The van der Waals surface area contributed by atoms with Gasteiger partial charge in [0.25, 0.3) is 0 Å². The summed E-state index contributed by atoms with van der Waals surface area (Å²) in [6.45, 7) is 15.1. The monoisotopic (exact) mass is 414 g/mol. The molecular formula is C29H50O. The van der Waals surface area contributed by atoms with Gasteiger partial charge in [0, 0.05) is 0 Å². The number of hydrogen-bond acceptors (Lipinski definition) is 1. The zero-order chi connectivity index (χ0) is 21.7. The van der Waals surface area contributed by atoms with E-state index in [0.29, 0.717) is 10.8 Å². The highest BCUT2D eigenvalue weighted by molar-refractivity contribution is 5.25. The minimum atomic E-state index is -0.0794. The normalized spacial score (nSPS) is 45.3. The predicted molar refractivity (Wildman–Crippen MR) is 128 cm³/mol. The third kappa shape index (κ3) is 3.74. The number of rotatable bonds is 6. The smallest absolute Gasteiger partial charge is 0.0577 e. The molecule has 0 spiro atoms. The van der Waals surface area contributed by atoms with Gasteiger partial charge in [0.1, 0.15) is 0 Å². The first-order valence-electron chi connectivity index (χ1n) is 13.6. The van der Waals surface area contributed by atoms with Crippen LogP contribution in [0.4, 0.5) is 0 Å². The van der Waals surface area contributed by atoms with Crippen molar-refractivity contribution in [2.24, 2.45) is 52.3 Å². The summed E-state index contributed by atoms with van der Waals surface area (Å²) in [4.78, 5) is 0. The molecule has 0 radical (unpaired) electrons. The predicted octanol–water partition coefficient (Wildman–Crippen LogP) is 8.02. The van der Waals surface area contributed by atoms with Crippen molar-refractivity contribution in [3.8, 4) is 0 Å². The van der Waals surface area contributed by atoms with Crippen LogP contribution in [0.1, 0.15) is 112 Å². The molecule has 0 aromatic rings. The highest BCUT2D eigenvalue weighted by Gasteiger charge is 2.59. The first kappa shape index (κ1) is 22.9. The van der Waals surface area contributed by atoms with E-state index in [0.717, 1.165) is 54.3 Å². The minimum Gasteiger partial charge on any atom is -0.393 e. The fraction of sp³-hybridized carbons (Fsp3) is 0.931. The molecule has 9 atom stereocenters. The molecule has 4 aliphatic carbocycles. The lowest BCUT2D eigenvalue weighted by Gasteiger charge is -2.58. The Morgan fingerprint density at radius 2 is 1.77 bits per heavy atom. The number of hydrogen-bond donors (Lipinski definition) is 1. The summed E-state index contributed by atoms with van der Waals surface area (Å²) in [7, 11) is 0. The van der Waals surface area contributed by atoms with Gasteiger partial charge in [0.05, 0.1) is 6.10 Å². The van der Waals surface area contributed by atoms with Crippen LogP contribution in [0.3, 0.4) is 0 Å². The molecule has 3 saturated carbocycles. The molecule has 0 aromatic heterocycles. The van der Waals surface area contributed by atoms with Gasteiger partial charge in [0.2, 0.25) is 0 Å². The number of allylic oxidation sites excluding steroid dienone is 1. The van der Waals surface area contributed by atoms with Gasteiger partial charge >= 0.3 is 0 Å². The Morgan fingerprint density at radius 1 is 1.00 bits per heavy atom. The van der Waals surface area contributed by atoms with Crippen LogP contribution in [-0.4, -0.2) is 11.2 Å². The molecule has 3 fully saturated rings. The Balaban J connectivity index is 1.47. The second-order valence-electron chi connectivity index (χ2n) is 12.9. The van der Waals surface area contributed by atoms with E-state index in [1.165, 1.54) is 57.8 Å². The standard InChI is InChI=1S/C29H50O/c1-7-21(19(2)3)9-8-20(4)25-12-13-26-24-11-10-22-18-23(30)14-16-28(22,5)27(24)15-17-29(25,26)6/h10,19-21,23-27,30H,7-9,11-18H2,1-6H3/t20-,21-,23+,24+,25?,26?,27?,28+,29-/m1/s1. The largest absolute Gasteiger partial charge is 0.393 e. The summed E-state index contributed by atoms with van der Waals surface area (Å²) in [6, 6.07) is 0. The fourth-order valence-corrected chi connectivity index (χ4v) is 9.30. The van der Waals surface area contributed by atoms with Gasteiger partial charge in [-0.25, -0.2) is 0 Å². The van der Waals surface area contributed by atoms with Gasteiger partial charge < -0.3 is 5.11 Å². The zero-order valence-corrected chi connectivity index (χ0v) is 20.9. The Kier molecular flexibility index (Phi) is 6.53. The Labute approximate surface area is 187 Å². The van der Waals surface area contributed by atoms with E-state index in [9.17, 15) is 5.11 Å². The first-order valence-corrected chi connectivity index (χ1v) is 13.6. The summed E-state index contributed by atoms with van der Waals surface area (Å²) in [5, 5.41) is 10.2. The lowest BCUT2D eigenvalue weighted by atomic mass is 9.47. The van der Waals surface area contributed by atoms with Crippen LogP contribution in [0.5, 0.6) is 0 Å². The van der Waals surface area contributed by atoms with Crippen molar-refractivity contribution in [3.05, 3.63) is 11.6 Å². The first-order chi connectivity index (χ1) is 14.2.